The molecule has 0 spiro atoms. The average Bonchev–Trinajstić information content (AvgIpc) is 2.09. The van der Waals surface area contributed by atoms with Gasteiger partial charge in [-0.1, -0.05) is 6.07 Å². The molecule has 0 atom stereocenters. The second kappa shape index (κ2) is 4.06. The molecule has 0 saturated carbocycles. The maximum atomic E-state index is 11.0. The fourth-order valence-electron chi connectivity index (χ4n) is 1.48. The molecule has 1 aromatic rings. The lowest BCUT2D eigenvalue weighted by Gasteiger charge is -2.06. The molecule has 0 saturated heterocycles. The zero-order chi connectivity index (χ0) is 10.7. The molecule has 2 nitrogen and oxygen atoms in total. The van der Waals surface area contributed by atoms with Gasteiger partial charge in [-0.25, -0.2) is 0 Å². The van der Waals surface area contributed by atoms with Gasteiger partial charge in [-0.15, -0.1) is 0 Å². The van der Waals surface area contributed by atoms with E-state index in [1.165, 1.54) is 0 Å². The van der Waals surface area contributed by atoms with Crippen molar-refractivity contribution >= 4 is 5.78 Å². The Kier molecular flexibility index (Phi) is 3.03. The fraction of sp³-hybridized carbons (Fsp3) is 0.333. The van der Waals surface area contributed by atoms with Crippen LogP contribution < -0.4 is 0 Å². The van der Waals surface area contributed by atoms with E-state index in [1.54, 1.807) is 6.92 Å². The number of Topliss-reactive ketones (excluding diaryl/α,β-unsaturated/α-hetero) is 1. The smallest absolute Gasteiger partial charge is 0.134 e. The summed E-state index contributed by atoms with van der Waals surface area (Å²) in [4.78, 5) is 11.0. The first-order valence-electron chi connectivity index (χ1n) is 4.54. The van der Waals surface area contributed by atoms with Gasteiger partial charge < -0.3 is 0 Å². The minimum atomic E-state index is 0.126. The quantitative estimate of drug-likeness (QED) is 0.712. The lowest BCUT2D eigenvalue weighted by molar-refractivity contribution is -0.116. The molecule has 0 amide bonds. The number of aryl methyl sites for hydroxylation is 2. The molecule has 0 bridgehead atoms. The van der Waals surface area contributed by atoms with Crippen LogP contribution in [0.3, 0.4) is 0 Å². The first-order valence-corrected chi connectivity index (χ1v) is 4.54. The minimum absolute atomic E-state index is 0.126. The van der Waals surface area contributed by atoms with E-state index in [0.29, 0.717) is 12.0 Å². The molecule has 1 rings (SSSR count). The number of carbonyl (C=O) groups excluding carboxylic acids is 1. The number of benzene rings is 1. The predicted octanol–water partition coefficient (Wildman–Crippen LogP) is 2.31. The number of ketones is 1. The Morgan fingerprint density at radius 3 is 2.50 bits per heavy atom. The van der Waals surface area contributed by atoms with Gasteiger partial charge in [0.05, 0.1) is 11.6 Å². The maximum Gasteiger partial charge on any atom is 0.134 e. The molecule has 72 valence electrons. The molecule has 1 aromatic carbocycles. The Bertz CT molecular complexity index is 413. The van der Waals surface area contributed by atoms with Crippen molar-refractivity contribution in [3.8, 4) is 6.07 Å². The molecule has 14 heavy (non-hydrogen) atoms. The summed E-state index contributed by atoms with van der Waals surface area (Å²) in [5.74, 6) is 0.126. The van der Waals surface area contributed by atoms with Gasteiger partial charge in [0.15, 0.2) is 0 Å². The van der Waals surface area contributed by atoms with E-state index in [2.05, 4.69) is 6.07 Å². The number of hydrogen-bond acceptors (Lipinski definition) is 2. The number of carbonyl (C=O) groups is 1. The molecule has 0 unspecified atom stereocenters. The predicted molar refractivity (Wildman–Crippen MR) is 55.0 cm³/mol. The Balaban J connectivity index is 3.19. The highest BCUT2D eigenvalue weighted by Crippen LogP contribution is 2.16. The molecule has 0 aromatic heterocycles. The van der Waals surface area contributed by atoms with Crippen molar-refractivity contribution in [3.63, 3.8) is 0 Å². The highest BCUT2D eigenvalue weighted by atomic mass is 16.1. The van der Waals surface area contributed by atoms with E-state index < -0.39 is 0 Å². The average molecular weight is 187 g/mol. The summed E-state index contributed by atoms with van der Waals surface area (Å²) in [6, 6.07) is 5.89. The Labute approximate surface area is 84.2 Å². The molecular formula is C12H13NO. The van der Waals surface area contributed by atoms with Crippen LogP contribution in [0.4, 0.5) is 0 Å². The molecule has 0 aliphatic carbocycles. The van der Waals surface area contributed by atoms with Gasteiger partial charge in [0.25, 0.3) is 0 Å². The van der Waals surface area contributed by atoms with Gasteiger partial charge in [-0.05, 0) is 43.5 Å². The highest BCUT2D eigenvalue weighted by molar-refractivity contribution is 5.78. The van der Waals surface area contributed by atoms with Gasteiger partial charge in [0.1, 0.15) is 5.78 Å². The molecule has 0 fully saturated rings. The van der Waals surface area contributed by atoms with Crippen LogP contribution in [0.25, 0.3) is 0 Å². The Hall–Kier alpha value is -1.62. The monoisotopic (exact) mass is 187 g/mol. The first-order chi connectivity index (χ1) is 6.54. The lowest BCUT2D eigenvalue weighted by atomic mass is 9.97. The summed E-state index contributed by atoms with van der Waals surface area (Å²) in [5.41, 5.74) is 3.67. The summed E-state index contributed by atoms with van der Waals surface area (Å²) in [6.45, 7) is 5.43. The summed E-state index contributed by atoms with van der Waals surface area (Å²) in [5, 5.41) is 8.83. The summed E-state index contributed by atoms with van der Waals surface area (Å²) in [7, 11) is 0. The topological polar surface area (TPSA) is 40.9 Å². The van der Waals surface area contributed by atoms with Crippen molar-refractivity contribution in [1.29, 1.82) is 5.26 Å². The van der Waals surface area contributed by atoms with Crippen molar-refractivity contribution < 1.29 is 4.79 Å². The largest absolute Gasteiger partial charge is 0.300 e. The van der Waals surface area contributed by atoms with Crippen molar-refractivity contribution in [1.82, 2.24) is 0 Å². The van der Waals surface area contributed by atoms with Gasteiger partial charge in [-0.2, -0.15) is 5.26 Å². The molecular weight excluding hydrogens is 174 g/mol. The van der Waals surface area contributed by atoms with Crippen molar-refractivity contribution in [2.75, 3.05) is 0 Å². The van der Waals surface area contributed by atoms with Crippen LogP contribution in [0.5, 0.6) is 0 Å². The van der Waals surface area contributed by atoms with Crippen molar-refractivity contribution in [3.05, 3.63) is 34.4 Å². The molecule has 0 heterocycles. The minimum Gasteiger partial charge on any atom is -0.300 e. The number of hydrogen-bond donors (Lipinski definition) is 0. The van der Waals surface area contributed by atoms with Gasteiger partial charge in [0, 0.05) is 6.42 Å². The lowest BCUT2D eigenvalue weighted by Crippen LogP contribution is -2.00. The normalized spacial score (nSPS) is 9.57. The number of nitriles is 1. The van der Waals surface area contributed by atoms with Crippen LogP contribution in [0.2, 0.25) is 0 Å². The number of rotatable bonds is 2. The fourth-order valence-corrected chi connectivity index (χ4v) is 1.48. The Morgan fingerprint density at radius 1 is 1.36 bits per heavy atom. The molecule has 0 N–H and O–H groups in total. The van der Waals surface area contributed by atoms with Crippen LogP contribution >= 0.6 is 0 Å². The van der Waals surface area contributed by atoms with Crippen molar-refractivity contribution in [2.24, 2.45) is 0 Å². The van der Waals surface area contributed by atoms with Crippen LogP contribution in [-0.2, 0) is 11.2 Å². The van der Waals surface area contributed by atoms with E-state index in [-0.39, 0.29) is 5.78 Å². The van der Waals surface area contributed by atoms with E-state index in [1.807, 2.05) is 26.0 Å². The second-order valence-corrected chi connectivity index (χ2v) is 3.58. The van der Waals surface area contributed by atoms with Crippen LogP contribution in [-0.4, -0.2) is 5.78 Å². The van der Waals surface area contributed by atoms with Gasteiger partial charge >= 0.3 is 0 Å². The van der Waals surface area contributed by atoms with Crippen molar-refractivity contribution in [2.45, 2.75) is 27.2 Å². The zero-order valence-corrected chi connectivity index (χ0v) is 8.72. The molecule has 0 radical (unpaired) electrons. The van der Waals surface area contributed by atoms with Crippen LogP contribution in [0.15, 0.2) is 12.1 Å². The summed E-state index contributed by atoms with van der Waals surface area (Å²) in [6.07, 6.45) is 0.417. The molecule has 2 heteroatoms. The Morgan fingerprint density at radius 2 is 2.00 bits per heavy atom. The molecule has 0 aliphatic rings. The van der Waals surface area contributed by atoms with Crippen LogP contribution in [0.1, 0.15) is 29.2 Å². The van der Waals surface area contributed by atoms with Gasteiger partial charge in [0.2, 0.25) is 0 Å². The third-order valence-electron chi connectivity index (χ3n) is 2.24. The van der Waals surface area contributed by atoms with E-state index in [4.69, 9.17) is 5.26 Å². The SMILES string of the molecule is CC(=O)Cc1cc(C#N)c(C)cc1C. The third kappa shape index (κ3) is 2.20. The second-order valence-electron chi connectivity index (χ2n) is 3.58. The van der Waals surface area contributed by atoms with Crippen LogP contribution in [0, 0.1) is 25.2 Å². The van der Waals surface area contributed by atoms with E-state index in [9.17, 15) is 4.79 Å². The van der Waals surface area contributed by atoms with E-state index >= 15 is 0 Å². The third-order valence-corrected chi connectivity index (χ3v) is 2.24. The summed E-state index contributed by atoms with van der Waals surface area (Å²) >= 11 is 0. The van der Waals surface area contributed by atoms with Gasteiger partial charge in [-0.3, -0.25) is 4.79 Å². The first kappa shape index (κ1) is 10.5. The zero-order valence-electron chi connectivity index (χ0n) is 8.72. The number of nitrogens with zero attached hydrogens (tertiary/aromatic N) is 1. The highest BCUT2D eigenvalue weighted by Gasteiger charge is 2.05. The molecule has 0 aliphatic heterocycles. The summed E-state index contributed by atoms with van der Waals surface area (Å²) < 4.78 is 0. The standard InChI is InChI=1S/C12H13NO/c1-8-4-9(2)12(7-13)6-11(8)5-10(3)14/h4,6H,5H2,1-3H3. The van der Waals surface area contributed by atoms with E-state index in [0.717, 1.165) is 16.7 Å². The maximum absolute atomic E-state index is 11.0.